The highest BCUT2D eigenvalue weighted by Crippen LogP contribution is 2.32. The van der Waals surface area contributed by atoms with E-state index in [1.54, 1.807) is 11.8 Å². The number of rotatable bonds is 6. The third-order valence-corrected chi connectivity index (χ3v) is 5.27. The summed E-state index contributed by atoms with van der Waals surface area (Å²) in [5.74, 6) is 0.893. The lowest BCUT2D eigenvalue weighted by molar-refractivity contribution is 0.547. The van der Waals surface area contributed by atoms with Gasteiger partial charge in [0, 0.05) is 17.2 Å². The number of benzene rings is 1. The molecule has 20 heavy (non-hydrogen) atoms. The van der Waals surface area contributed by atoms with Crippen LogP contribution in [0, 0.1) is 0 Å². The minimum atomic E-state index is 0.216. The van der Waals surface area contributed by atoms with E-state index in [2.05, 4.69) is 33.3 Å². The second kappa shape index (κ2) is 7.50. The van der Waals surface area contributed by atoms with E-state index in [4.69, 9.17) is 11.6 Å². The van der Waals surface area contributed by atoms with Gasteiger partial charge in [-0.3, -0.25) is 4.68 Å². The van der Waals surface area contributed by atoms with Crippen LogP contribution >= 0.6 is 39.3 Å². The summed E-state index contributed by atoms with van der Waals surface area (Å²) >= 11 is 11.5. The molecule has 0 aliphatic rings. The molecular weight excluding hydrogens is 358 g/mol. The van der Waals surface area contributed by atoms with E-state index in [0.29, 0.717) is 0 Å². The number of nitrogens with one attached hydrogen (secondary N) is 1. The number of hydrogen-bond acceptors (Lipinski definition) is 3. The molecule has 1 heterocycles. The summed E-state index contributed by atoms with van der Waals surface area (Å²) in [4.78, 5) is 1.10. The Morgan fingerprint density at radius 3 is 2.85 bits per heavy atom. The maximum absolute atomic E-state index is 6.20. The Morgan fingerprint density at radius 2 is 2.20 bits per heavy atom. The summed E-state index contributed by atoms with van der Waals surface area (Å²) in [5.41, 5.74) is 1.18. The molecule has 0 spiro atoms. The number of aryl methyl sites for hydroxylation is 1. The van der Waals surface area contributed by atoms with E-state index in [0.717, 1.165) is 26.7 Å². The molecule has 1 unspecified atom stereocenters. The third-order valence-electron chi connectivity index (χ3n) is 3.05. The van der Waals surface area contributed by atoms with Crippen LogP contribution in [0.15, 0.2) is 39.8 Å². The van der Waals surface area contributed by atoms with Gasteiger partial charge in [0.2, 0.25) is 0 Å². The Hall–Kier alpha value is -0.490. The van der Waals surface area contributed by atoms with Crippen LogP contribution in [-0.4, -0.2) is 22.6 Å². The highest BCUT2D eigenvalue weighted by atomic mass is 79.9. The van der Waals surface area contributed by atoms with Crippen LogP contribution in [-0.2, 0) is 6.54 Å². The van der Waals surface area contributed by atoms with Gasteiger partial charge in [0.1, 0.15) is 0 Å². The van der Waals surface area contributed by atoms with Gasteiger partial charge in [0.05, 0.1) is 27.4 Å². The number of halogens is 2. The summed E-state index contributed by atoms with van der Waals surface area (Å²) in [6, 6.07) is 8.14. The predicted octanol–water partition coefficient (Wildman–Crippen LogP) is 4.37. The van der Waals surface area contributed by atoms with E-state index >= 15 is 0 Å². The van der Waals surface area contributed by atoms with Gasteiger partial charge in [-0.2, -0.15) is 5.10 Å². The molecule has 1 atom stereocenters. The Morgan fingerprint density at radius 1 is 1.45 bits per heavy atom. The van der Waals surface area contributed by atoms with Crippen LogP contribution < -0.4 is 5.32 Å². The summed E-state index contributed by atoms with van der Waals surface area (Å²) in [6.45, 7) is 2.95. The van der Waals surface area contributed by atoms with E-state index < -0.39 is 0 Å². The van der Waals surface area contributed by atoms with Crippen LogP contribution in [0.3, 0.4) is 0 Å². The Kier molecular flexibility index (Phi) is 5.96. The predicted molar refractivity (Wildman–Crippen MR) is 89.6 cm³/mol. The van der Waals surface area contributed by atoms with Crippen molar-refractivity contribution in [3.05, 3.63) is 45.7 Å². The van der Waals surface area contributed by atoms with Crippen molar-refractivity contribution in [3.63, 3.8) is 0 Å². The van der Waals surface area contributed by atoms with Gasteiger partial charge in [0.25, 0.3) is 0 Å². The molecule has 0 saturated heterocycles. The fourth-order valence-electron chi connectivity index (χ4n) is 2.00. The molecule has 0 amide bonds. The lowest BCUT2D eigenvalue weighted by atomic mass is 10.2. The topological polar surface area (TPSA) is 29.9 Å². The average Bonchev–Trinajstić information content (AvgIpc) is 2.83. The van der Waals surface area contributed by atoms with Crippen molar-refractivity contribution in [2.45, 2.75) is 24.4 Å². The number of thioether (sulfide) groups is 1. The molecule has 1 aromatic heterocycles. The van der Waals surface area contributed by atoms with Crippen LogP contribution in [0.4, 0.5) is 0 Å². The van der Waals surface area contributed by atoms with Crippen molar-refractivity contribution < 1.29 is 0 Å². The van der Waals surface area contributed by atoms with Gasteiger partial charge >= 0.3 is 0 Å². The molecule has 0 aliphatic carbocycles. The van der Waals surface area contributed by atoms with Crippen LogP contribution in [0.2, 0.25) is 5.02 Å². The first kappa shape index (κ1) is 15.9. The van der Waals surface area contributed by atoms with Gasteiger partial charge < -0.3 is 5.32 Å². The second-order valence-electron chi connectivity index (χ2n) is 4.28. The van der Waals surface area contributed by atoms with Crippen molar-refractivity contribution in [1.29, 1.82) is 0 Å². The molecular formula is C14H17BrClN3S. The SMILES string of the molecule is CCn1ncc(Br)c1C(CSc1ccccc1Cl)NC. The molecule has 0 saturated carbocycles. The lowest BCUT2D eigenvalue weighted by Crippen LogP contribution is -2.22. The first-order chi connectivity index (χ1) is 9.67. The monoisotopic (exact) mass is 373 g/mol. The number of hydrogen-bond donors (Lipinski definition) is 1. The van der Waals surface area contributed by atoms with Crippen molar-refractivity contribution in [1.82, 2.24) is 15.1 Å². The fraction of sp³-hybridized carbons (Fsp3) is 0.357. The van der Waals surface area contributed by atoms with Crippen LogP contribution in [0.25, 0.3) is 0 Å². The van der Waals surface area contributed by atoms with Crippen molar-refractivity contribution in [2.75, 3.05) is 12.8 Å². The molecule has 1 N–H and O–H groups in total. The molecule has 6 heteroatoms. The molecule has 0 bridgehead atoms. The smallest absolute Gasteiger partial charge is 0.0704 e. The minimum Gasteiger partial charge on any atom is -0.311 e. The van der Waals surface area contributed by atoms with Crippen LogP contribution in [0.5, 0.6) is 0 Å². The van der Waals surface area contributed by atoms with E-state index in [1.807, 2.05) is 42.2 Å². The largest absolute Gasteiger partial charge is 0.311 e. The Balaban J connectivity index is 2.13. The number of nitrogens with zero attached hydrogens (tertiary/aromatic N) is 2. The first-order valence-corrected chi connectivity index (χ1v) is 8.58. The zero-order valence-corrected chi connectivity index (χ0v) is 14.6. The highest BCUT2D eigenvalue weighted by molar-refractivity contribution is 9.10. The van der Waals surface area contributed by atoms with E-state index in [9.17, 15) is 0 Å². The van der Waals surface area contributed by atoms with Gasteiger partial charge in [-0.25, -0.2) is 0 Å². The molecule has 2 aromatic rings. The van der Waals surface area contributed by atoms with Gasteiger partial charge in [-0.1, -0.05) is 23.7 Å². The molecule has 0 radical (unpaired) electrons. The van der Waals surface area contributed by atoms with E-state index in [1.165, 1.54) is 5.69 Å². The van der Waals surface area contributed by atoms with Crippen molar-refractivity contribution in [2.24, 2.45) is 0 Å². The zero-order chi connectivity index (χ0) is 14.5. The standard InChI is InChI=1S/C14H17BrClN3S/c1-3-19-14(10(15)8-18-19)12(17-2)9-20-13-7-5-4-6-11(13)16/h4-8,12,17H,3,9H2,1-2H3. The van der Waals surface area contributed by atoms with E-state index in [-0.39, 0.29) is 6.04 Å². The maximum Gasteiger partial charge on any atom is 0.0704 e. The second-order valence-corrected chi connectivity index (χ2v) is 6.60. The first-order valence-electron chi connectivity index (χ1n) is 6.43. The minimum absolute atomic E-state index is 0.216. The maximum atomic E-state index is 6.20. The average molecular weight is 375 g/mol. The zero-order valence-electron chi connectivity index (χ0n) is 11.4. The lowest BCUT2D eigenvalue weighted by Gasteiger charge is -2.18. The third kappa shape index (κ3) is 3.58. The van der Waals surface area contributed by atoms with Gasteiger partial charge in [-0.05, 0) is 42.0 Å². The van der Waals surface area contributed by atoms with Crippen LogP contribution in [0.1, 0.15) is 18.7 Å². The fourth-order valence-corrected chi connectivity index (χ4v) is 3.93. The van der Waals surface area contributed by atoms with Crippen molar-refractivity contribution >= 4 is 39.3 Å². The summed E-state index contributed by atoms with van der Waals surface area (Å²) < 4.78 is 3.05. The molecule has 108 valence electrons. The summed E-state index contributed by atoms with van der Waals surface area (Å²) in [5, 5.41) is 8.53. The summed E-state index contributed by atoms with van der Waals surface area (Å²) in [6.07, 6.45) is 1.85. The highest BCUT2D eigenvalue weighted by Gasteiger charge is 2.18. The normalized spacial score (nSPS) is 12.6. The quantitative estimate of drug-likeness (QED) is 0.761. The Bertz CT molecular complexity index is 573. The molecule has 0 fully saturated rings. The molecule has 1 aromatic carbocycles. The summed E-state index contributed by atoms with van der Waals surface area (Å²) in [7, 11) is 1.97. The number of aromatic nitrogens is 2. The molecule has 3 nitrogen and oxygen atoms in total. The molecule has 0 aliphatic heterocycles. The van der Waals surface area contributed by atoms with Crippen molar-refractivity contribution in [3.8, 4) is 0 Å². The Labute approximate surface area is 137 Å². The van der Waals surface area contributed by atoms with Gasteiger partial charge in [-0.15, -0.1) is 11.8 Å². The van der Waals surface area contributed by atoms with Gasteiger partial charge in [0.15, 0.2) is 0 Å². The molecule has 2 rings (SSSR count).